The maximum Gasteiger partial charge on any atom is 0.0858 e. The fourth-order valence-corrected chi connectivity index (χ4v) is 0.467. The van der Waals surface area contributed by atoms with Crippen LogP contribution in [0.4, 0.5) is 0 Å². The molecule has 0 spiro atoms. The molecule has 4 N–H and O–H groups in total. The Hall–Kier alpha value is 0.0700. The lowest BCUT2D eigenvalue weighted by molar-refractivity contribution is 0.313. The normalized spacial score (nSPS) is 7.67. The summed E-state index contributed by atoms with van der Waals surface area (Å²) in [5, 5.41) is 0. The fraction of sp³-hybridized carbons (Fsp3) is 0.800. The van der Waals surface area contributed by atoms with E-state index in [0.29, 0.717) is 6.61 Å². The summed E-state index contributed by atoms with van der Waals surface area (Å²) >= 11 is 9.00. The Morgan fingerprint density at radius 3 is 2.56 bits per heavy atom. The Morgan fingerprint density at radius 1 is 1.67 bits per heavy atom. The third-order valence-corrected chi connectivity index (χ3v) is 0.954. The zero-order valence-electron chi connectivity index (χ0n) is 5.85. The minimum Gasteiger partial charge on any atom is -0.514 e. The van der Waals surface area contributed by atoms with E-state index < -0.39 is 0 Å². The molecule has 9 heavy (non-hydrogen) atoms. The van der Waals surface area contributed by atoms with Crippen LogP contribution in [0.3, 0.4) is 0 Å². The highest BCUT2D eigenvalue weighted by atomic mass is 32.1. The molecule has 0 aromatic carbocycles. The Kier molecular flexibility index (Phi) is 10.6. The average Bonchev–Trinajstić information content (AvgIpc) is 1.66. The molecular weight excluding hydrogens is 154 g/mol. The standard InChI is InChI=1S/C5H10OS2.H3N/c1-2-3-4-6-5(7)8;/h2-4H2,1H3,(H,7,8);1H3. The van der Waals surface area contributed by atoms with Gasteiger partial charge in [-0.25, -0.2) is 0 Å². The highest BCUT2D eigenvalue weighted by molar-refractivity contribution is 7.99. The SMILES string of the molecule is CCCCOC(=S)[S-].[NH4+]. The largest absolute Gasteiger partial charge is 0.514 e. The van der Waals surface area contributed by atoms with E-state index in [1.54, 1.807) is 0 Å². The highest BCUT2D eigenvalue weighted by Crippen LogP contribution is 1.87. The van der Waals surface area contributed by atoms with Crippen molar-refractivity contribution in [2.24, 2.45) is 0 Å². The van der Waals surface area contributed by atoms with Gasteiger partial charge in [0.2, 0.25) is 0 Å². The number of ether oxygens (including phenoxy) is 1. The molecule has 0 aliphatic heterocycles. The van der Waals surface area contributed by atoms with Crippen LogP contribution in [0.15, 0.2) is 0 Å². The van der Waals surface area contributed by atoms with Gasteiger partial charge in [-0.15, -0.1) is 0 Å². The Balaban J connectivity index is 0. The van der Waals surface area contributed by atoms with Gasteiger partial charge in [0.05, 0.1) is 6.61 Å². The van der Waals surface area contributed by atoms with Gasteiger partial charge < -0.3 is 35.7 Å². The number of hydrogen-bond donors (Lipinski definition) is 1. The van der Waals surface area contributed by atoms with E-state index in [4.69, 9.17) is 4.74 Å². The molecule has 0 unspecified atom stereocenters. The number of rotatable bonds is 3. The van der Waals surface area contributed by atoms with Gasteiger partial charge in [0.1, 0.15) is 0 Å². The highest BCUT2D eigenvalue weighted by Gasteiger charge is 1.79. The molecule has 0 saturated heterocycles. The van der Waals surface area contributed by atoms with Crippen molar-refractivity contribution in [2.75, 3.05) is 6.61 Å². The molecule has 0 bridgehead atoms. The molecule has 0 aromatic rings. The molecular formula is C5H13NOS2. The second-order valence-electron chi connectivity index (χ2n) is 1.45. The van der Waals surface area contributed by atoms with E-state index in [0.717, 1.165) is 12.8 Å². The van der Waals surface area contributed by atoms with Gasteiger partial charge >= 0.3 is 0 Å². The second kappa shape index (κ2) is 8.07. The van der Waals surface area contributed by atoms with Crippen LogP contribution in [-0.4, -0.2) is 11.0 Å². The third-order valence-electron chi connectivity index (χ3n) is 0.718. The summed E-state index contributed by atoms with van der Waals surface area (Å²) in [6.07, 6.45) is 2.16. The topological polar surface area (TPSA) is 45.7 Å². The summed E-state index contributed by atoms with van der Waals surface area (Å²) in [6, 6.07) is 0. The first-order chi connectivity index (χ1) is 3.77. The molecule has 4 heteroatoms. The summed E-state index contributed by atoms with van der Waals surface area (Å²) in [5.74, 6) is 0. The molecule has 0 fully saturated rings. The summed E-state index contributed by atoms with van der Waals surface area (Å²) in [7, 11) is 0. The van der Waals surface area contributed by atoms with Gasteiger partial charge in [-0.2, -0.15) is 0 Å². The minimum atomic E-state index is 0. The van der Waals surface area contributed by atoms with Crippen LogP contribution < -0.4 is 6.15 Å². The van der Waals surface area contributed by atoms with Crippen molar-refractivity contribution in [2.45, 2.75) is 19.8 Å². The predicted molar refractivity (Wildman–Crippen MR) is 46.8 cm³/mol. The molecule has 56 valence electrons. The van der Waals surface area contributed by atoms with Crippen molar-refractivity contribution in [3.05, 3.63) is 0 Å². The van der Waals surface area contributed by atoms with Crippen molar-refractivity contribution in [1.82, 2.24) is 6.15 Å². The molecule has 0 saturated carbocycles. The van der Waals surface area contributed by atoms with E-state index in [1.807, 2.05) is 0 Å². The number of quaternary nitrogens is 1. The predicted octanol–water partition coefficient (Wildman–Crippen LogP) is 2.01. The third kappa shape index (κ3) is 11.6. The lowest BCUT2D eigenvalue weighted by Gasteiger charge is -2.06. The summed E-state index contributed by atoms with van der Waals surface area (Å²) in [6.45, 7) is 2.77. The van der Waals surface area contributed by atoms with Crippen LogP contribution in [0.25, 0.3) is 0 Å². The first kappa shape index (κ1) is 11.8. The maximum absolute atomic E-state index is 4.83. The van der Waals surface area contributed by atoms with Crippen molar-refractivity contribution in [3.63, 3.8) is 0 Å². The van der Waals surface area contributed by atoms with Crippen LogP contribution in [0.5, 0.6) is 0 Å². The molecule has 0 aliphatic rings. The monoisotopic (exact) mass is 167 g/mol. The molecule has 0 aromatic heterocycles. The van der Waals surface area contributed by atoms with Crippen LogP contribution in [0.2, 0.25) is 0 Å². The maximum atomic E-state index is 4.83. The van der Waals surface area contributed by atoms with Gasteiger partial charge in [0.25, 0.3) is 0 Å². The summed E-state index contributed by atoms with van der Waals surface area (Å²) in [4.78, 5) is 0. The van der Waals surface area contributed by atoms with Crippen LogP contribution in [-0.2, 0) is 17.4 Å². The van der Waals surface area contributed by atoms with Crippen molar-refractivity contribution >= 4 is 29.2 Å². The van der Waals surface area contributed by atoms with Crippen molar-refractivity contribution in [1.29, 1.82) is 0 Å². The lowest BCUT2D eigenvalue weighted by Crippen LogP contribution is -1.97. The van der Waals surface area contributed by atoms with E-state index >= 15 is 0 Å². The van der Waals surface area contributed by atoms with Gasteiger partial charge in [-0.1, -0.05) is 13.3 Å². The molecule has 0 rings (SSSR count). The Morgan fingerprint density at radius 2 is 2.22 bits per heavy atom. The molecule has 0 heterocycles. The zero-order chi connectivity index (χ0) is 6.41. The number of unbranched alkanes of at least 4 members (excludes halogenated alkanes) is 1. The van der Waals surface area contributed by atoms with E-state index in [1.165, 1.54) is 0 Å². The number of thiocarbonyl (C=S) groups is 1. The van der Waals surface area contributed by atoms with E-state index in [-0.39, 0.29) is 10.5 Å². The van der Waals surface area contributed by atoms with Crippen LogP contribution in [0.1, 0.15) is 19.8 Å². The quantitative estimate of drug-likeness (QED) is 0.397. The average molecular weight is 167 g/mol. The molecule has 0 amide bonds. The van der Waals surface area contributed by atoms with Crippen molar-refractivity contribution < 1.29 is 4.74 Å². The first-order valence-electron chi connectivity index (χ1n) is 2.61. The smallest absolute Gasteiger partial charge is 0.0858 e. The zero-order valence-corrected chi connectivity index (χ0v) is 7.48. The number of hydrogen-bond acceptors (Lipinski definition) is 3. The van der Waals surface area contributed by atoms with Crippen molar-refractivity contribution in [3.8, 4) is 0 Å². The molecule has 0 atom stereocenters. The Bertz CT molecular complexity index is 77.4. The van der Waals surface area contributed by atoms with E-state index in [2.05, 4.69) is 31.8 Å². The van der Waals surface area contributed by atoms with Gasteiger partial charge in [-0.05, 0) is 6.42 Å². The summed E-state index contributed by atoms with van der Waals surface area (Å²) < 4.78 is 5.06. The fourth-order valence-electron chi connectivity index (χ4n) is 0.300. The van der Waals surface area contributed by atoms with Gasteiger partial charge in [0.15, 0.2) is 0 Å². The van der Waals surface area contributed by atoms with Gasteiger partial charge in [0, 0.05) is 4.38 Å². The molecule has 2 nitrogen and oxygen atoms in total. The van der Waals surface area contributed by atoms with E-state index in [9.17, 15) is 0 Å². The van der Waals surface area contributed by atoms with Crippen LogP contribution >= 0.6 is 12.2 Å². The lowest BCUT2D eigenvalue weighted by atomic mass is 10.4. The first-order valence-corrected chi connectivity index (χ1v) is 3.42. The second-order valence-corrected chi connectivity index (χ2v) is 2.45. The van der Waals surface area contributed by atoms with Gasteiger partial charge in [-0.3, -0.25) is 0 Å². The van der Waals surface area contributed by atoms with Crippen LogP contribution in [0, 0.1) is 0 Å². The molecule has 0 radical (unpaired) electrons. The Labute approximate surface area is 67.0 Å². The minimum absolute atomic E-state index is 0. The summed E-state index contributed by atoms with van der Waals surface area (Å²) in [5.41, 5.74) is 0. The molecule has 0 aliphatic carbocycles.